The van der Waals surface area contributed by atoms with Crippen molar-refractivity contribution in [3.05, 3.63) is 34.3 Å². The molecule has 0 radical (unpaired) electrons. The molecular formula is C20H31BrN6O2S. The number of H-pyrrole nitrogens is 1. The predicted octanol–water partition coefficient (Wildman–Crippen LogP) is 2.49. The Balaban J connectivity index is 1.56. The number of anilines is 2. The van der Waals surface area contributed by atoms with Crippen molar-refractivity contribution in [2.24, 2.45) is 0 Å². The van der Waals surface area contributed by atoms with Crippen molar-refractivity contribution < 1.29 is 8.42 Å². The summed E-state index contributed by atoms with van der Waals surface area (Å²) in [6, 6.07) is 8.94. The zero-order chi connectivity index (χ0) is 21.6. The Hall–Kier alpha value is -1.65. The van der Waals surface area contributed by atoms with Gasteiger partial charge in [-0.25, -0.2) is 13.5 Å². The van der Waals surface area contributed by atoms with Gasteiger partial charge in [0.25, 0.3) is 0 Å². The van der Waals surface area contributed by atoms with E-state index in [4.69, 9.17) is 5.73 Å². The second kappa shape index (κ2) is 10.6. The van der Waals surface area contributed by atoms with Crippen LogP contribution in [0.1, 0.15) is 31.2 Å². The van der Waals surface area contributed by atoms with Gasteiger partial charge >= 0.3 is 0 Å². The molecule has 30 heavy (non-hydrogen) atoms. The van der Waals surface area contributed by atoms with Gasteiger partial charge in [-0.3, -0.25) is 4.90 Å². The van der Waals surface area contributed by atoms with Crippen molar-refractivity contribution >= 4 is 37.7 Å². The molecule has 1 saturated heterocycles. The number of nitrogens with zero attached hydrogens (tertiary/aromatic N) is 4. The van der Waals surface area contributed by atoms with Crippen molar-refractivity contribution in [3.8, 4) is 0 Å². The highest BCUT2D eigenvalue weighted by Gasteiger charge is 2.26. The van der Waals surface area contributed by atoms with Crippen LogP contribution in [0, 0.1) is 0 Å². The van der Waals surface area contributed by atoms with Crippen molar-refractivity contribution in [2.45, 2.75) is 38.1 Å². The van der Waals surface area contributed by atoms with Crippen molar-refractivity contribution in [1.29, 1.82) is 0 Å². The number of sulfone groups is 1. The number of nitrogens with two attached hydrogens (primary N) is 1. The van der Waals surface area contributed by atoms with Gasteiger partial charge in [0.1, 0.15) is 9.84 Å². The molecule has 0 spiro atoms. The maximum absolute atomic E-state index is 11.4. The molecule has 8 nitrogen and oxygen atoms in total. The number of halogens is 1. The van der Waals surface area contributed by atoms with E-state index in [2.05, 4.69) is 65.2 Å². The number of hydrogen-bond acceptors (Lipinski definition) is 7. The van der Waals surface area contributed by atoms with Gasteiger partial charge in [-0.15, -0.1) is 5.10 Å². The molecule has 10 heteroatoms. The number of benzene rings is 1. The molecule has 2 heterocycles. The molecule has 3 N–H and O–H groups in total. The minimum absolute atomic E-state index is 0.262. The Morgan fingerprint density at radius 3 is 2.50 bits per heavy atom. The predicted molar refractivity (Wildman–Crippen MR) is 124 cm³/mol. The van der Waals surface area contributed by atoms with Crippen LogP contribution in [-0.2, 0) is 16.3 Å². The second-order valence-corrected chi connectivity index (χ2v) is 11.2. The summed E-state index contributed by atoms with van der Waals surface area (Å²) in [7, 11) is -2.90. The molecule has 3 rings (SSSR count). The maximum atomic E-state index is 11.4. The quantitative estimate of drug-likeness (QED) is 0.484. The van der Waals surface area contributed by atoms with E-state index in [9.17, 15) is 8.42 Å². The number of rotatable bonds is 10. The lowest BCUT2D eigenvalue weighted by molar-refractivity contribution is 0.168. The minimum Gasteiger partial charge on any atom is -0.368 e. The number of piperidine rings is 1. The summed E-state index contributed by atoms with van der Waals surface area (Å²) in [6.45, 7) is 3.67. The van der Waals surface area contributed by atoms with Gasteiger partial charge in [0.05, 0.1) is 0 Å². The molecule has 0 aliphatic carbocycles. The Morgan fingerprint density at radius 2 is 1.90 bits per heavy atom. The van der Waals surface area contributed by atoms with E-state index in [1.165, 1.54) is 11.8 Å². The molecule has 2 aromatic rings. The molecule has 1 aromatic heterocycles. The van der Waals surface area contributed by atoms with E-state index < -0.39 is 9.84 Å². The molecule has 0 unspecified atom stereocenters. The van der Waals surface area contributed by atoms with Crippen molar-refractivity contribution in [1.82, 2.24) is 20.1 Å². The lowest BCUT2D eigenvalue weighted by atomic mass is 10.0. The van der Waals surface area contributed by atoms with E-state index in [0.717, 1.165) is 56.3 Å². The van der Waals surface area contributed by atoms with Crippen LogP contribution in [0.15, 0.2) is 28.7 Å². The lowest BCUT2D eigenvalue weighted by Crippen LogP contribution is -2.46. The fourth-order valence-corrected chi connectivity index (χ4v) is 4.91. The monoisotopic (exact) mass is 498 g/mol. The summed E-state index contributed by atoms with van der Waals surface area (Å²) in [5, 5.41) is 6.87. The number of aromatic nitrogens is 3. The maximum Gasteiger partial charge on any atom is 0.246 e. The molecule has 0 saturated carbocycles. The number of nitrogens with one attached hydrogen (secondary N) is 1. The topological polar surface area (TPSA) is 108 Å². The van der Waals surface area contributed by atoms with Crippen LogP contribution in [0.5, 0.6) is 0 Å². The Labute approximate surface area is 187 Å². The normalized spacial score (nSPS) is 15.8. The SMILES string of the molecule is CS(=O)(=O)CCCCN(CCc1ccc(Br)cc1)C1CCN(c2n[nH]c(N)n2)CC1. The average Bonchev–Trinajstić information content (AvgIpc) is 3.14. The van der Waals surface area contributed by atoms with E-state index >= 15 is 0 Å². The fraction of sp³-hybridized carbons (Fsp3) is 0.600. The second-order valence-electron chi connectivity index (χ2n) is 7.99. The third-order valence-corrected chi connectivity index (χ3v) is 7.12. The molecule has 0 atom stereocenters. The average molecular weight is 499 g/mol. The molecule has 166 valence electrons. The largest absolute Gasteiger partial charge is 0.368 e. The Bertz CT molecular complexity index is 894. The van der Waals surface area contributed by atoms with Crippen LogP contribution < -0.4 is 10.6 Å². The highest BCUT2D eigenvalue weighted by Crippen LogP contribution is 2.21. The first-order valence-electron chi connectivity index (χ1n) is 10.4. The molecule has 0 bridgehead atoms. The molecule has 1 aromatic carbocycles. The minimum atomic E-state index is -2.90. The summed E-state index contributed by atoms with van der Waals surface area (Å²) >= 11 is 3.49. The van der Waals surface area contributed by atoms with Crippen LogP contribution in [0.3, 0.4) is 0 Å². The van der Waals surface area contributed by atoms with Crippen LogP contribution >= 0.6 is 15.9 Å². The van der Waals surface area contributed by atoms with E-state index in [-0.39, 0.29) is 5.75 Å². The molecule has 1 aliphatic rings. The molecule has 1 aliphatic heterocycles. The summed E-state index contributed by atoms with van der Waals surface area (Å²) < 4.78 is 24.0. The van der Waals surface area contributed by atoms with Gasteiger partial charge < -0.3 is 10.6 Å². The van der Waals surface area contributed by atoms with Gasteiger partial charge in [-0.2, -0.15) is 4.98 Å². The molecular weight excluding hydrogens is 468 g/mol. The number of hydrogen-bond donors (Lipinski definition) is 2. The fourth-order valence-electron chi connectivity index (χ4n) is 3.92. The summed E-state index contributed by atoms with van der Waals surface area (Å²) in [5.41, 5.74) is 6.97. The van der Waals surface area contributed by atoms with Gasteiger partial charge in [0.15, 0.2) is 0 Å². The van der Waals surface area contributed by atoms with E-state index in [1.54, 1.807) is 0 Å². The molecule has 0 amide bonds. The number of nitrogen functional groups attached to an aromatic ring is 1. The number of unbranched alkanes of at least 4 members (excludes halogenated alkanes) is 1. The summed E-state index contributed by atoms with van der Waals surface area (Å²) in [5.74, 6) is 1.27. The van der Waals surface area contributed by atoms with Gasteiger partial charge in [0, 0.05) is 42.2 Å². The summed E-state index contributed by atoms with van der Waals surface area (Å²) in [4.78, 5) is 8.94. The summed E-state index contributed by atoms with van der Waals surface area (Å²) in [6.07, 6.45) is 5.95. The standard InChI is InChI=1S/C20H31BrN6O2S/c1-30(28,29)15-3-2-11-26(12-8-16-4-6-17(21)7-5-16)18-9-13-27(14-10-18)20-23-19(22)24-25-20/h4-7,18H,2-3,8-15H2,1H3,(H3,22,23,24,25). The van der Waals surface area contributed by atoms with Crippen molar-refractivity contribution in [3.63, 3.8) is 0 Å². The van der Waals surface area contributed by atoms with Crippen molar-refractivity contribution in [2.75, 3.05) is 48.8 Å². The van der Waals surface area contributed by atoms with Gasteiger partial charge in [-0.05, 0) is 56.3 Å². The van der Waals surface area contributed by atoms with Crippen LogP contribution in [0.25, 0.3) is 0 Å². The zero-order valence-electron chi connectivity index (χ0n) is 17.4. The number of aromatic amines is 1. The van der Waals surface area contributed by atoms with Crippen LogP contribution in [-0.4, -0.2) is 72.7 Å². The first-order valence-corrected chi connectivity index (χ1v) is 13.2. The first kappa shape index (κ1) is 23.0. The Kier molecular flexibility index (Phi) is 8.13. The van der Waals surface area contributed by atoms with Crippen LogP contribution in [0.2, 0.25) is 0 Å². The Morgan fingerprint density at radius 1 is 1.20 bits per heavy atom. The van der Waals surface area contributed by atoms with E-state index in [0.29, 0.717) is 24.4 Å². The molecule has 1 fully saturated rings. The third kappa shape index (κ3) is 7.24. The highest BCUT2D eigenvalue weighted by molar-refractivity contribution is 9.10. The van der Waals surface area contributed by atoms with Crippen LogP contribution in [0.4, 0.5) is 11.9 Å². The zero-order valence-corrected chi connectivity index (χ0v) is 19.8. The van der Waals surface area contributed by atoms with E-state index in [1.807, 2.05) is 0 Å². The third-order valence-electron chi connectivity index (χ3n) is 5.57. The van der Waals surface area contributed by atoms with Gasteiger partial charge in [0.2, 0.25) is 11.9 Å². The highest BCUT2D eigenvalue weighted by atomic mass is 79.9. The first-order chi connectivity index (χ1) is 14.3. The van der Waals surface area contributed by atoms with Gasteiger partial charge in [-0.1, -0.05) is 28.1 Å². The smallest absolute Gasteiger partial charge is 0.246 e. The lowest BCUT2D eigenvalue weighted by Gasteiger charge is -2.38.